The molecule has 5 nitrogen and oxygen atoms in total. The molecule has 2 aromatic heterocycles. The number of piperidine rings is 1. The maximum atomic E-state index is 6.08. The van der Waals surface area contributed by atoms with Crippen molar-refractivity contribution in [3.8, 4) is 0 Å². The molecular formula is C19H23ClN4OS. The fourth-order valence-electron chi connectivity index (χ4n) is 3.41. The number of benzene rings is 1. The summed E-state index contributed by atoms with van der Waals surface area (Å²) in [4.78, 5) is 11.7. The van der Waals surface area contributed by atoms with Crippen LogP contribution in [0.5, 0.6) is 0 Å². The van der Waals surface area contributed by atoms with Gasteiger partial charge in [0, 0.05) is 17.4 Å². The van der Waals surface area contributed by atoms with Crippen LogP contribution in [-0.2, 0) is 13.0 Å². The second kappa shape index (κ2) is 8.03. The number of rotatable bonds is 6. The Balaban J connectivity index is 1.33. The molecule has 0 radical (unpaired) electrons. The third kappa shape index (κ3) is 4.08. The quantitative estimate of drug-likeness (QED) is 0.589. The van der Waals surface area contributed by atoms with E-state index in [9.17, 15) is 0 Å². The van der Waals surface area contributed by atoms with Gasteiger partial charge in [-0.3, -0.25) is 4.90 Å². The molecule has 1 aliphatic heterocycles. The lowest BCUT2D eigenvalue weighted by molar-refractivity contribution is 0.181. The van der Waals surface area contributed by atoms with Gasteiger partial charge in [0.2, 0.25) is 5.89 Å². The highest BCUT2D eigenvalue weighted by Gasteiger charge is 2.24. The van der Waals surface area contributed by atoms with Crippen molar-refractivity contribution >= 4 is 33.2 Å². The average molecular weight is 391 g/mol. The Hall–Kier alpha value is -1.50. The zero-order valence-corrected chi connectivity index (χ0v) is 16.5. The van der Waals surface area contributed by atoms with Crippen LogP contribution in [0.4, 0.5) is 0 Å². The van der Waals surface area contributed by atoms with Crippen molar-refractivity contribution in [2.75, 3.05) is 13.1 Å². The average Bonchev–Trinajstić information content (AvgIpc) is 3.27. The minimum Gasteiger partial charge on any atom is -0.338 e. The molecule has 0 spiro atoms. The van der Waals surface area contributed by atoms with Gasteiger partial charge in [-0.15, -0.1) is 11.3 Å². The molecule has 26 heavy (non-hydrogen) atoms. The van der Waals surface area contributed by atoms with Crippen LogP contribution >= 0.6 is 22.9 Å². The fraction of sp³-hybridized carbons (Fsp3) is 0.526. The van der Waals surface area contributed by atoms with E-state index in [1.165, 1.54) is 9.71 Å². The van der Waals surface area contributed by atoms with Gasteiger partial charge < -0.3 is 4.52 Å². The van der Waals surface area contributed by atoms with E-state index in [0.29, 0.717) is 5.92 Å². The smallest absolute Gasteiger partial charge is 0.240 e. The van der Waals surface area contributed by atoms with Gasteiger partial charge in [0.15, 0.2) is 5.82 Å². The van der Waals surface area contributed by atoms with Gasteiger partial charge in [-0.25, -0.2) is 4.98 Å². The summed E-state index contributed by atoms with van der Waals surface area (Å²) in [5.41, 5.74) is 1.02. The number of unbranched alkanes of at least 4 members (excludes halogenated alkanes) is 1. The van der Waals surface area contributed by atoms with Crippen molar-refractivity contribution in [2.45, 2.75) is 51.5 Å². The minimum absolute atomic E-state index is 0.533. The fourth-order valence-corrected chi connectivity index (χ4v) is 4.70. The van der Waals surface area contributed by atoms with E-state index < -0.39 is 0 Å². The highest BCUT2D eigenvalue weighted by Crippen LogP contribution is 2.34. The number of halogens is 1. The first-order valence-corrected chi connectivity index (χ1v) is 10.5. The van der Waals surface area contributed by atoms with E-state index in [0.717, 1.165) is 74.0 Å². The standard InChI is InChI=1S/C19H23ClN4OS/c1-2-3-4-17-22-18(25-23-17)12-24-9-7-13(8-10-24)19-21-15-11-14(20)5-6-16(15)26-19/h5-6,11,13H,2-4,7-10,12H2,1H3. The summed E-state index contributed by atoms with van der Waals surface area (Å²) in [6, 6.07) is 5.96. The van der Waals surface area contributed by atoms with Crippen molar-refractivity contribution in [1.82, 2.24) is 20.0 Å². The predicted octanol–water partition coefficient (Wildman–Crippen LogP) is 5.05. The van der Waals surface area contributed by atoms with Gasteiger partial charge in [-0.1, -0.05) is 30.1 Å². The predicted molar refractivity (Wildman–Crippen MR) is 105 cm³/mol. The number of thiazole rings is 1. The first kappa shape index (κ1) is 17.9. The van der Waals surface area contributed by atoms with Crippen molar-refractivity contribution in [2.24, 2.45) is 0 Å². The van der Waals surface area contributed by atoms with Crippen molar-refractivity contribution < 1.29 is 4.52 Å². The monoisotopic (exact) mass is 390 g/mol. The zero-order chi connectivity index (χ0) is 17.9. The van der Waals surface area contributed by atoms with Gasteiger partial charge in [-0.2, -0.15) is 4.98 Å². The van der Waals surface area contributed by atoms with E-state index in [4.69, 9.17) is 21.1 Å². The second-order valence-corrected chi connectivity index (χ2v) is 8.42. The Morgan fingerprint density at radius 2 is 2.12 bits per heavy atom. The van der Waals surface area contributed by atoms with Gasteiger partial charge >= 0.3 is 0 Å². The molecule has 3 aromatic rings. The summed E-state index contributed by atoms with van der Waals surface area (Å²) in [6.45, 7) is 4.99. The lowest BCUT2D eigenvalue weighted by Gasteiger charge is -2.29. The van der Waals surface area contributed by atoms with Crippen LogP contribution in [0.1, 0.15) is 55.2 Å². The van der Waals surface area contributed by atoms with Crippen LogP contribution in [0.3, 0.4) is 0 Å². The van der Waals surface area contributed by atoms with Gasteiger partial charge in [0.25, 0.3) is 0 Å². The largest absolute Gasteiger partial charge is 0.338 e. The topological polar surface area (TPSA) is 55.1 Å². The molecule has 0 saturated carbocycles. The Morgan fingerprint density at radius 1 is 1.27 bits per heavy atom. The molecule has 0 unspecified atom stereocenters. The summed E-state index contributed by atoms with van der Waals surface area (Å²) >= 11 is 7.88. The van der Waals surface area contributed by atoms with Crippen LogP contribution in [0.25, 0.3) is 10.2 Å². The van der Waals surface area contributed by atoms with Crippen molar-refractivity contribution in [3.05, 3.63) is 39.9 Å². The highest BCUT2D eigenvalue weighted by molar-refractivity contribution is 7.18. The zero-order valence-electron chi connectivity index (χ0n) is 14.9. The summed E-state index contributed by atoms with van der Waals surface area (Å²) < 4.78 is 6.62. The van der Waals surface area contributed by atoms with E-state index >= 15 is 0 Å². The Morgan fingerprint density at radius 3 is 2.92 bits per heavy atom. The second-order valence-electron chi connectivity index (χ2n) is 6.92. The first-order chi connectivity index (χ1) is 12.7. The summed E-state index contributed by atoms with van der Waals surface area (Å²) in [5.74, 6) is 2.11. The number of aryl methyl sites for hydroxylation is 1. The SMILES string of the molecule is CCCCc1noc(CN2CCC(c3nc4cc(Cl)ccc4s3)CC2)n1. The molecule has 3 heterocycles. The highest BCUT2D eigenvalue weighted by atomic mass is 35.5. The number of hydrogen-bond acceptors (Lipinski definition) is 6. The summed E-state index contributed by atoms with van der Waals surface area (Å²) in [7, 11) is 0. The van der Waals surface area contributed by atoms with Crippen LogP contribution in [0.15, 0.2) is 22.7 Å². The van der Waals surface area contributed by atoms with Crippen LogP contribution in [-0.4, -0.2) is 33.1 Å². The number of hydrogen-bond donors (Lipinski definition) is 0. The van der Waals surface area contributed by atoms with E-state index in [1.54, 1.807) is 11.3 Å². The summed E-state index contributed by atoms with van der Waals surface area (Å²) in [5, 5.41) is 6.07. The Kier molecular flexibility index (Phi) is 5.52. The molecule has 138 valence electrons. The van der Waals surface area contributed by atoms with Crippen molar-refractivity contribution in [3.63, 3.8) is 0 Å². The minimum atomic E-state index is 0.533. The number of aromatic nitrogens is 3. The Labute approximate surface area is 162 Å². The maximum Gasteiger partial charge on any atom is 0.240 e. The molecule has 0 amide bonds. The van der Waals surface area contributed by atoms with Crippen molar-refractivity contribution in [1.29, 1.82) is 0 Å². The molecular weight excluding hydrogens is 368 g/mol. The molecule has 0 N–H and O–H groups in total. The molecule has 1 aromatic carbocycles. The van der Waals surface area contributed by atoms with E-state index in [2.05, 4.69) is 28.0 Å². The van der Waals surface area contributed by atoms with Gasteiger partial charge in [-0.05, 0) is 50.6 Å². The lowest BCUT2D eigenvalue weighted by Crippen LogP contribution is -2.32. The van der Waals surface area contributed by atoms with Crippen LogP contribution in [0, 0.1) is 0 Å². The maximum absolute atomic E-state index is 6.08. The summed E-state index contributed by atoms with van der Waals surface area (Å²) in [6.07, 6.45) is 5.39. The third-order valence-corrected chi connectivity index (χ3v) is 6.36. The normalized spacial score (nSPS) is 16.5. The van der Waals surface area contributed by atoms with E-state index in [-0.39, 0.29) is 0 Å². The number of nitrogens with zero attached hydrogens (tertiary/aromatic N) is 4. The molecule has 0 aliphatic carbocycles. The molecule has 1 saturated heterocycles. The van der Waals surface area contributed by atoms with Crippen LogP contribution < -0.4 is 0 Å². The Bertz CT molecular complexity index is 869. The molecule has 1 aliphatic rings. The van der Waals surface area contributed by atoms with E-state index in [1.807, 2.05) is 12.1 Å². The number of fused-ring (bicyclic) bond motifs is 1. The first-order valence-electron chi connectivity index (χ1n) is 9.31. The van der Waals surface area contributed by atoms with Gasteiger partial charge in [0.05, 0.1) is 21.8 Å². The van der Waals surface area contributed by atoms with Gasteiger partial charge in [0.1, 0.15) is 0 Å². The molecule has 0 bridgehead atoms. The molecule has 7 heteroatoms. The van der Waals surface area contributed by atoms with Crippen LogP contribution in [0.2, 0.25) is 5.02 Å². The lowest BCUT2D eigenvalue weighted by atomic mass is 9.97. The number of likely N-dealkylation sites (tertiary alicyclic amines) is 1. The molecule has 1 fully saturated rings. The molecule has 4 rings (SSSR count). The molecule has 0 atom stereocenters. The third-order valence-electron chi connectivity index (χ3n) is 4.93.